The highest BCUT2D eigenvalue weighted by Gasteiger charge is 2.19. The molecule has 140 valence electrons. The summed E-state index contributed by atoms with van der Waals surface area (Å²) in [7, 11) is 0. The van der Waals surface area contributed by atoms with Gasteiger partial charge in [-0.1, -0.05) is 11.6 Å². The van der Waals surface area contributed by atoms with Crippen molar-refractivity contribution in [2.24, 2.45) is 0 Å². The number of carboxylic acid groups (broad SMARTS) is 1. The maximum Gasteiger partial charge on any atom is 0.341 e. The third-order valence-corrected chi connectivity index (χ3v) is 4.74. The molecule has 1 heterocycles. The smallest absolute Gasteiger partial charge is 0.341 e. The Hall–Kier alpha value is -2.75. The molecule has 7 heteroatoms. The lowest BCUT2D eigenvalue weighted by Gasteiger charge is -2.36. The summed E-state index contributed by atoms with van der Waals surface area (Å²) in [6, 6.07) is 15.0. The van der Waals surface area contributed by atoms with Crippen LogP contribution in [-0.4, -0.2) is 48.8 Å². The Morgan fingerprint density at radius 3 is 2.48 bits per heavy atom. The molecule has 1 aliphatic rings. The normalized spacial score (nSPS) is 14.6. The van der Waals surface area contributed by atoms with Crippen molar-refractivity contribution in [2.45, 2.75) is 6.54 Å². The van der Waals surface area contributed by atoms with Crippen LogP contribution >= 0.6 is 11.6 Å². The fourth-order valence-electron chi connectivity index (χ4n) is 3.10. The maximum absolute atomic E-state index is 10.8. The predicted molar refractivity (Wildman–Crippen MR) is 103 cm³/mol. The Morgan fingerprint density at radius 1 is 1.15 bits per heavy atom. The van der Waals surface area contributed by atoms with Crippen molar-refractivity contribution < 1.29 is 14.6 Å². The number of ether oxygens (including phenoxy) is 1. The molecule has 1 saturated heterocycles. The minimum absolute atomic E-state index is 0.374. The zero-order valence-electron chi connectivity index (χ0n) is 14.8. The number of rotatable bonds is 6. The molecule has 27 heavy (non-hydrogen) atoms. The van der Waals surface area contributed by atoms with Gasteiger partial charge in [0.1, 0.15) is 5.75 Å². The van der Waals surface area contributed by atoms with Crippen molar-refractivity contribution in [1.82, 2.24) is 4.90 Å². The average molecular weight is 386 g/mol. The number of aliphatic carboxylic acids is 1. The molecule has 1 fully saturated rings. The van der Waals surface area contributed by atoms with E-state index in [1.165, 1.54) is 0 Å². The fraction of sp³-hybridized carbons (Fsp3) is 0.300. The number of carbonyl (C=O) groups is 1. The molecule has 0 radical (unpaired) electrons. The molecule has 0 aromatic heterocycles. The van der Waals surface area contributed by atoms with E-state index in [2.05, 4.69) is 15.9 Å². The largest absolute Gasteiger partial charge is 0.482 e. The SMILES string of the molecule is N#Cc1ccc(N2CCN(Cc3cc(Cl)ccc3OCC(=O)O)CC2)cc1. The standard InChI is InChI=1S/C20H20ClN3O3/c21-17-3-6-19(27-14-20(25)26)16(11-17)13-23-7-9-24(10-8-23)18-4-1-15(12-22)2-5-18/h1-6,11H,7-10,13-14H2,(H,25,26). The highest BCUT2D eigenvalue weighted by molar-refractivity contribution is 6.30. The first-order valence-electron chi connectivity index (χ1n) is 8.65. The van der Waals surface area contributed by atoms with Gasteiger partial charge in [-0.2, -0.15) is 5.26 Å². The molecule has 0 saturated carbocycles. The summed E-state index contributed by atoms with van der Waals surface area (Å²) in [5.41, 5.74) is 2.66. The van der Waals surface area contributed by atoms with Crippen LogP contribution in [0, 0.1) is 11.3 Å². The molecule has 2 aromatic rings. The van der Waals surface area contributed by atoms with Crippen molar-refractivity contribution in [3.05, 3.63) is 58.6 Å². The average Bonchev–Trinajstić information content (AvgIpc) is 2.68. The van der Waals surface area contributed by atoms with E-state index < -0.39 is 5.97 Å². The first kappa shape index (κ1) is 19.0. The van der Waals surface area contributed by atoms with Gasteiger partial charge in [0.2, 0.25) is 0 Å². The number of benzene rings is 2. The van der Waals surface area contributed by atoms with Crippen LogP contribution in [0.25, 0.3) is 0 Å². The van der Waals surface area contributed by atoms with Gasteiger partial charge >= 0.3 is 5.97 Å². The Labute approximate surface area is 163 Å². The summed E-state index contributed by atoms with van der Waals surface area (Å²) in [6.45, 7) is 3.75. The van der Waals surface area contributed by atoms with E-state index in [0.717, 1.165) is 37.4 Å². The number of nitriles is 1. The van der Waals surface area contributed by atoms with Crippen LogP contribution in [-0.2, 0) is 11.3 Å². The summed E-state index contributed by atoms with van der Waals surface area (Å²) in [5.74, 6) is -0.455. The number of nitrogens with zero attached hydrogens (tertiary/aromatic N) is 3. The van der Waals surface area contributed by atoms with E-state index in [4.69, 9.17) is 26.7 Å². The zero-order chi connectivity index (χ0) is 19.2. The summed E-state index contributed by atoms with van der Waals surface area (Å²) in [4.78, 5) is 15.3. The molecular formula is C20H20ClN3O3. The van der Waals surface area contributed by atoms with Gasteiger partial charge in [0.05, 0.1) is 11.6 Å². The van der Waals surface area contributed by atoms with E-state index >= 15 is 0 Å². The second-order valence-corrected chi connectivity index (χ2v) is 6.79. The van der Waals surface area contributed by atoms with Crippen LogP contribution in [0.15, 0.2) is 42.5 Å². The number of anilines is 1. The van der Waals surface area contributed by atoms with Gasteiger partial charge in [0, 0.05) is 49.0 Å². The van der Waals surface area contributed by atoms with Gasteiger partial charge < -0.3 is 14.7 Å². The van der Waals surface area contributed by atoms with E-state index in [1.54, 1.807) is 12.1 Å². The quantitative estimate of drug-likeness (QED) is 0.823. The van der Waals surface area contributed by atoms with E-state index in [1.807, 2.05) is 30.3 Å². The molecule has 6 nitrogen and oxygen atoms in total. The lowest BCUT2D eigenvalue weighted by molar-refractivity contribution is -0.139. The molecular weight excluding hydrogens is 366 g/mol. The van der Waals surface area contributed by atoms with Crippen LogP contribution in [0.1, 0.15) is 11.1 Å². The predicted octanol–water partition coefficient (Wildman–Crippen LogP) is 3.00. The molecule has 0 bridgehead atoms. The fourth-order valence-corrected chi connectivity index (χ4v) is 3.30. The molecule has 2 aromatic carbocycles. The number of piperazine rings is 1. The summed E-state index contributed by atoms with van der Waals surface area (Å²) < 4.78 is 5.39. The summed E-state index contributed by atoms with van der Waals surface area (Å²) >= 11 is 6.10. The van der Waals surface area contributed by atoms with E-state index in [0.29, 0.717) is 22.9 Å². The van der Waals surface area contributed by atoms with Gasteiger partial charge in [-0.25, -0.2) is 4.79 Å². The number of hydrogen-bond acceptors (Lipinski definition) is 5. The number of hydrogen-bond donors (Lipinski definition) is 1. The van der Waals surface area contributed by atoms with Crippen LogP contribution < -0.4 is 9.64 Å². The van der Waals surface area contributed by atoms with Gasteiger partial charge in [-0.15, -0.1) is 0 Å². The maximum atomic E-state index is 10.8. The van der Waals surface area contributed by atoms with Crippen molar-refractivity contribution in [3.8, 4) is 11.8 Å². The Morgan fingerprint density at radius 2 is 1.85 bits per heavy atom. The van der Waals surface area contributed by atoms with Gasteiger partial charge in [-0.3, -0.25) is 4.90 Å². The molecule has 0 amide bonds. The lowest BCUT2D eigenvalue weighted by Crippen LogP contribution is -2.46. The van der Waals surface area contributed by atoms with Crippen molar-refractivity contribution in [3.63, 3.8) is 0 Å². The summed E-state index contributed by atoms with van der Waals surface area (Å²) in [5, 5.41) is 18.3. The number of carboxylic acids is 1. The van der Waals surface area contributed by atoms with Crippen LogP contribution in [0.5, 0.6) is 5.75 Å². The van der Waals surface area contributed by atoms with Crippen molar-refractivity contribution in [1.29, 1.82) is 5.26 Å². The minimum Gasteiger partial charge on any atom is -0.482 e. The van der Waals surface area contributed by atoms with Gasteiger partial charge in [0.15, 0.2) is 6.61 Å². The Balaban J connectivity index is 1.61. The molecule has 0 aliphatic carbocycles. The second-order valence-electron chi connectivity index (χ2n) is 6.36. The highest BCUT2D eigenvalue weighted by Crippen LogP contribution is 2.25. The summed E-state index contributed by atoms with van der Waals surface area (Å²) in [6.07, 6.45) is 0. The minimum atomic E-state index is -1.01. The first-order chi connectivity index (χ1) is 13.0. The number of halogens is 1. The molecule has 1 N–H and O–H groups in total. The highest BCUT2D eigenvalue weighted by atomic mass is 35.5. The van der Waals surface area contributed by atoms with Crippen LogP contribution in [0.4, 0.5) is 5.69 Å². The van der Waals surface area contributed by atoms with Gasteiger partial charge in [0.25, 0.3) is 0 Å². The van der Waals surface area contributed by atoms with Crippen molar-refractivity contribution in [2.75, 3.05) is 37.7 Å². The topological polar surface area (TPSA) is 76.8 Å². The Bertz CT molecular complexity index is 841. The van der Waals surface area contributed by atoms with E-state index in [9.17, 15) is 4.79 Å². The molecule has 3 rings (SSSR count). The van der Waals surface area contributed by atoms with Gasteiger partial charge in [-0.05, 0) is 42.5 Å². The zero-order valence-corrected chi connectivity index (χ0v) is 15.5. The van der Waals surface area contributed by atoms with Crippen LogP contribution in [0.3, 0.4) is 0 Å². The van der Waals surface area contributed by atoms with E-state index in [-0.39, 0.29) is 6.61 Å². The second kappa shape index (κ2) is 8.76. The monoisotopic (exact) mass is 385 g/mol. The lowest BCUT2D eigenvalue weighted by atomic mass is 10.1. The third kappa shape index (κ3) is 5.13. The molecule has 0 unspecified atom stereocenters. The first-order valence-corrected chi connectivity index (χ1v) is 9.03. The van der Waals surface area contributed by atoms with Crippen LogP contribution in [0.2, 0.25) is 5.02 Å². The molecule has 0 spiro atoms. The molecule has 1 aliphatic heterocycles. The molecule has 0 atom stereocenters. The Kier molecular flexibility index (Phi) is 6.17. The van der Waals surface area contributed by atoms with Crippen molar-refractivity contribution >= 4 is 23.3 Å². The third-order valence-electron chi connectivity index (χ3n) is 4.50.